The maximum Gasteiger partial charge on any atom is 0.358 e. The highest BCUT2D eigenvalue weighted by Crippen LogP contribution is 2.24. The fraction of sp³-hybridized carbons (Fsp3) is 0.231. The molecule has 1 N–H and O–H groups in total. The number of rotatable bonds is 4. The van der Waals surface area contributed by atoms with E-state index in [1.165, 1.54) is 0 Å². The number of carbonyl (C=O) groups is 1. The van der Waals surface area contributed by atoms with Gasteiger partial charge in [-0.1, -0.05) is 0 Å². The molecule has 0 aliphatic heterocycles. The van der Waals surface area contributed by atoms with Gasteiger partial charge in [0.1, 0.15) is 11.5 Å². The molecule has 2 aromatic rings. The van der Waals surface area contributed by atoms with Crippen molar-refractivity contribution >= 4 is 5.97 Å². The number of carboxylic acid groups (broad SMARTS) is 1. The second kappa shape index (κ2) is 4.91. The van der Waals surface area contributed by atoms with E-state index in [1.807, 2.05) is 6.92 Å². The van der Waals surface area contributed by atoms with Gasteiger partial charge in [0.25, 0.3) is 0 Å². The average molecular weight is 247 g/mol. The van der Waals surface area contributed by atoms with E-state index in [2.05, 4.69) is 4.98 Å². The normalized spacial score (nSPS) is 10.3. The summed E-state index contributed by atoms with van der Waals surface area (Å²) in [6.45, 7) is 4.08. The van der Waals surface area contributed by atoms with E-state index in [0.29, 0.717) is 23.8 Å². The Bertz CT molecular complexity index is 557. The Morgan fingerprint density at radius 1 is 1.39 bits per heavy atom. The van der Waals surface area contributed by atoms with E-state index in [9.17, 15) is 4.79 Å². The Morgan fingerprint density at radius 3 is 2.56 bits per heavy atom. The molecule has 0 saturated carbocycles. The average Bonchev–Trinajstić information content (AvgIpc) is 2.73. The second-order valence-corrected chi connectivity index (χ2v) is 3.69. The lowest BCUT2D eigenvalue weighted by Gasteiger charge is -2.02. The van der Waals surface area contributed by atoms with Crippen LogP contribution in [0.5, 0.6) is 5.75 Å². The van der Waals surface area contributed by atoms with Gasteiger partial charge in [-0.3, -0.25) is 0 Å². The molecule has 0 saturated heterocycles. The summed E-state index contributed by atoms with van der Waals surface area (Å²) in [7, 11) is 0. The molecule has 0 aliphatic carbocycles. The predicted octanol–water partition coefficient (Wildman–Crippen LogP) is 2.75. The molecule has 5 heteroatoms. The third-order valence-electron chi connectivity index (χ3n) is 2.41. The molecule has 1 aromatic carbocycles. The van der Waals surface area contributed by atoms with E-state index < -0.39 is 5.97 Å². The van der Waals surface area contributed by atoms with Crippen LogP contribution in [0.15, 0.2) is 28.7 Å². The van der Waals surface area contributed by atoms with Crippen molar-refractivity contribution < 1.29 is 19.1 Å². The fourth-order valence-corrected chi connectivity index (χ4v) is 1.58. The van der Waals surface area contributed by atoms with Gasteiger partial charge in [0, 0.05) is 5.56 Å². The van der Waals surface area contributed by atoms with Crippen LogP contribution in [-0.4, -0.2) is 22.7 Å². The summed E-state index contributed by atoms with van der Waals surface area (Å²) in [6, 6.07) is 7.14. The number of hydrogen-bond acceptors (Lipinski definition) is 4. The number of oxazole rings is 1. The van der Waals surface area contributed by atoms with E-state index in [-0.39, 0.29) is 5.69 Å². The maximum absolute atomic E-state index is 10.9. The lowest BCUT2D eigenvalue weighted by molar-refractivity contribution is 0.0689. The van der Waals surface area contributed by atoms with Gasteiger partial charge in [-0.25, -0.2) is 9.78 Å². The smallest absolute Gasteiger partial charge is 0.358 e. The molecule has 94 valence electrons. The molecule has 0 bridgehead atoms. The van der Waals surface area contributed by atoms with Crippen LogP contribution in [0.25, 0.3) is 11.5 Å². The first-order valence-electron chi connectivity index (χ1n) is 5.55. The molecule has 1 aromatic heterocycles. The van der Waals surface area contributed by atoms with E-state index >= 15 is 0 Å². The number of aryl methyl sites for hydroxylation is 1. The van der Waals surface area contributed by atoms with Crippen LogP contribution in [0.4, 0.5) is 0 Å². The largest absolute Gasteiger partial charge is 0.494 e. The number of aromatic nitrogens is 1. The number of carboxylic acids is 1. The third-order valence-corrected chi connectivity index (χ3v) is 2.41. The molecule has 5 nitrogen and oxygen atoms in total. The highest BCUT2D eigenvalue weighted by molar-refractivity contribution is 5.87. The molecule has 0 spiro atoms. The van der Waals surface area contributed by atoms with E-state index in [1.54, 1.807) is 31.2 Å². The molecular weight excluding hydrogens is 234 g/mol. The minimum atomic E-state index is -1.09. The van der Waals surface area contributed by atoms with Gasteiger partial charge in [0.15, 0.2) is 5.69 Å². The lowest BCUT2D eigenvalue weighted by Crippen LogP contribution is -1.98. The molecule has 0 radical (unpaired) electrons. The highest BCUT2D eigenvalue weighted by atomic mass is 16.5. The van der Waals surface area contributed by atoms with Crippen molar-refractivity contribution in [1.82, 2.24) is 4.98 Å². The molecule has 0 aliphatic rings. The van der Waals surface area contributed by atoms with Gasteiger partial charge < -0.3 is 14.3 Å². The molecule has 0 atom stereocenters. The fourth-order valence-electron chi connectivity index (χ4n) is 1.58. The zero-order valence-electron chi connectivity index (χ0n) is 10.1. The Hall–Kier alpha value is -2.30. The van der Waals surface area contributed by atoms with Crippen molar-refractivity contribution in [3.05, 3.63) is 35.7 Å². The summed E-state index contributed by atoms with van der Waals surface area (Å²) in [5, 5.41) is 8.90. The third kappa shape index (κ3) is 2.34. The monoisotopic (exact) mass is 247 g/mol. The molecule has 0 fully saturated rings. The summed E-state index contributed by atoms with van der Waals surface area (Å²) >= 11 is 0. The van der Waals surface area contributed by atoms with Crippen molar-refractivity contribution in [2.45, 2.75) is 13.8 Å². The standard InChI is InChI=1S/C13H13NO4/c1-3-17-10-6-4-9(5-7-10)12-14-11(13(15)16)8(2)18-12/h4-7H,3H2,1-2H3,(H,15,16). The summed E-state index contributed by atoms with van der Waals surface area (Å²) in [5.74, 6) is 0.260. The summed E-state index contributed by atoms with van der Waals surface area (Å²) in [6.07, 6.45) is 0. The molecule has 1 heterocycles. The lowest BCUT2D eigenvalue weighted by atomic mass is 10.2. The molecular formula is C13H13NO4. The predicted molar refractivity (Wildman–Crippen MR) is 64.8 cm³/mol. The number of nitrogens with zero attached hydrogens (tertiary/aromatic N) is 1. The Morgan fingerprint density at radius 2 is 2.06 bits per heavy atom. The summed E-state index contributed by atoms with van der Waals surface area (Å²) < 4.78 is 10.6. The Labute approximate surface area is 104 Å². The summed E-state index contributed by atoms with van der Waals surface area (Å²) in [4.78, 5) is 14.8. The van der Waals surface area contributed by atoms with Crippen LogP contribution in [0.2, 0.25) is 0 Å². The van der Waals surface area contributed by atoms with E-state index in [4.69, 9.17) is 14.3 Å². The molecule has 0 unspecified atom stereocenters. The van der Waals surface area contributed by atoms with Gasteiger partial charge >= 0.3 is 5.97 Å². The van der Waals surface area contributed by atoms with Crippen molar-refractivity contribution in [2.75, 3.05) is 6.61 Å². The number of ether oxygens (including phenoxy) is 1. The Balaban J connectivity index is 2.31. The molecule has 2 rings (SSSR count). The zero-order valence-corrected chi connectivity index (χ0v) is 10.1. The van der Waals surface area contributed by atoms with Gasteiger partial charge in [-0.15, -0.1) is 0 Å². The minimum Gasteiger partial charge on any atom is -0.494 e. The highest BCUT2D eigenvalue weighted by Gasteiger charge is 2.16. The van der Waals surface area contributed by atoms with Crippen molar-refractivity contribution in [3.63, 3.8) is 0 Å². The topological polar surface area (TPSA) is 72.6 Å². The van der Waals surface area contributed by atoms with Gasteiger partial charge in [0.2, 0.25) is 5.89 Å². The van der Waals surface area contributed by atoms with Crippen LogP contribution in [0.1, 0.15) is 23.2 Å². The SMILES string of the molecule is CCOc1ccc(-c2nc(C(=O)O)c(C)o2)cc1. The number of benzene rings is 1. The van der Waals surface area contributed by atoms with Crippen LogP contribution in [0.3, 0.4) is 0 Å². The number of aromatic carboxylic acids is 1. The first-order chi connectivity index (χ1) is 8.61. The first-order valence-corrected chi connectivity index (χ1v) is 5.55. The quantitative estimate of drug-likeness (QED) is 0.899. The van der Waals surface area contributed by atoms with Crippen molar-refractivity contribution in [1.29, 1.82) is 0 Å². The van der Waals surface area contributed by atoms with Crippen molar-refractivity contribution in [3.8, 4) is 17.2 Å². The maximum atomic E-state index is 10.9. The van der Waals surface area contributed by atoms with Crippen LogP contribution < -0.4 is 4.74 Å². The minimum absolute atomic E-state index is 0.0566. The summed E-state index contributed by atoms with van der Waals surface area (Å²) in [5.41, 5.74) is 0.660. The first kappa shape index (κ1) is 12.2. The van der Waals surface area contributed by atoms with Crippen LogP contribution in [0, 0.1) is 6.92 Å². The molecule has 18 heavy (non-hydrogen) atoms. The second-order valence-electron chi connectivity index (χ2n) is 3.69. The van der Waals surface area contributed by atoms with E-state index in [0.717, 1.165) is 5.75 Å². The van der Waals surface area contributed by atoms with Crippen LogP contribution in [-0.2, 0) is 0 Å². The van der Waals surface area contributed by atoms with Gasteiger partial charge in [-0.05, 0) is 38.1 Å². The van der Waals surface area contributed by atoms with Crippen LogP contribution >= 0.6 is 0 Å². The molecule has 0 amide bonds. The zero-order chi connectivity index (χ0) is 13.1. The van der Waals surface area contributed by atoms with Crippen molar-refractivity contribution in [2.24, 2.45) is 0 Å². The van der Waals surface area contributed by atoms with Gasteiger partial charge in [0.05, 0.1) is 6.61 Å². The Kier molecular flexibility index (Phi) is 3.32. The number of hydrogen-bond donors (Lipinski definition) is 1. The van der Waals surface area contributed by atoms with Gasteiger partial charge in [-0.2, -0.15) is 0 Å².